The van der Waals surface area contributed by atoms with Gasteiger partial charge in [0.25, 0.3) is 0 Å². The maximum Gasteiger partial charge on any atom is 0.228 e. The largest absolute Gasteiger partial charge is 0.496 e. The fraction of sp³-hybridized carbons (Fsp3) is 0.419. The van der Waals surface area contributed by atoms with Gasteiger partial charge in [0.1, 0.15) is 11.6 Å². The third kappa shape index (κ3) is 7.26. The molecule has 206 valence electrons. The van der Waals surface area contributed by atoms with Crippen molar-refractivity contribution in [1.82, 2.24) is 15.3 Å². The van der Waals surface area contributed by atoms with E-state index in [-0.39, 0.29) is 17.7 Å². The third-order valence-electron chi connectivity index (χ3n) is 6.73. The number of rotatable bonds is 10. The number of dihydropyridines is 1. The number of halogens is 1. The minimum atomic E-state index is -0.451. The Kier molecular flexibility index (Phi) is 9.07. The lowest BCUT2D eigenvalue weighted by molar-refractivity contribution is -0.119. The van der Waals surface area contributed by atoms with E-state index < -0.39 is 5.82 Å². The van der Waals surface area contributed by atoms with Gasteiger partial charge >= 0.3 is 0 Å². The number of nitrogens with zero attached hydrogens (tertiary/aromatic N) is 3. The van der Waals surface area contributed by atoms with Crippen LogP contribution < -0.4 is 10.1 Å². The first kappa shape index (κ1) is 28.4. The van der Waals surface area contributed by atoms with Gasteiger partial charge in [-0.1, -0.05) is 32.9 Å². The fourth-order valence-corrected chi connectivity index (χ4v) is 4.55. The van der Waals surface area contributed by atoms with Crippen LogP contribution in [0.25, 0.3) is 22.3 Å². The normalized spacial score (nSPS) is 13.7. The molecule has 1 N–H and O–H groups in total. The Morgan fingerprint density at radius 2 is 1.90 bits per heavy atom. The van der Waals surface area contributed by atoms with Gasteiger partial charge in [-0.15, -0.1) is 0 Å². The Labute approximate surface area is 229 Å². The molecule has 4 rings (SSSR count). The van der Waals surface area contributed by atoms with Crippen molar-refractivity contribution in [2.45, 2.75) is 52.9 Å². The van der Waals surface area contributed by atoms with E-state index in [1.54, 1.807) is 32.5 Å². The predicted molar refractivity (Wildman–Crippen MR) is 153 cm³/mol. The first-order valence-corrected chi connectivity index (χ1v) is 13.3. The Morgan fingerprint density at radius 3 is 2.62 bits per heavy atom. The van der Waals surface area contributed by atoms with Crippen LogP contribution >= 0.6 is 0 Å². The highest BCUT2D eigenvalue weighted by Gasteiger charge is 2.21. The predicted octanol–water partition coefficient (Wildman–Crippen LogP) is 5.85. The molecule has 0 atom stereocenters. The molecule has 39 heavy (non-hydrogen) atoms. The lowest BCUT2D eigenvalue weighted by Crippen LogP contribution is -2.30. The molecule has 1 aliphatic heterocycles. The summed E-state index contributed by atoms with van der Waals surface area (Å²) in [5, 5.41) is 2.93. The number of carbonyl (C=O) groups is 1. The van der Waals surface area contributed by atoms with Gasteiger partial charge in [0.15, 0.2) is 0 Å². The second-order valence-corrected chi connectivity index (χ2v) is 10.8. The van der Waals surface area contributed by atoms with Gasteiger partial charge in [0.2, 0.25) is 5.91 Å². The molecule has 8 heteroatoms. The average molecular weight is 533 g/mol. The molecule has 1 aliphatic rings. The van der Waals surface area contributed by atoms with Crippen molar-refractivity contribution < 1.29 is 18.7 Å². The van der Waals surface area contributed by atoms with Crippen LogP contribution in [-0.2, 0) is 22.4 Å². The van der Waals surface area contributed by atoms with E-state index in [2.05, 4.69) is 36.1 Å². The van der Waals surface area contributed by atoms with Gasteiger partial charge in [-0.2, -0.15) is 0 Å². The number of aliphatic imine (C=N–C) groups is 1. The zero-order chi connectivity index (χ0) is 28.0. The van der Waals surface area contributed by atoms with E-state index in [1.807, 2.05) is 18.2 Å². The molecule has 7 nitrogen and oxygen atoms in total. The summed E-state index contributed by atoms with van der Waals surface area (Å²) in [6, 6.07) is 8.71. The van der Waals surface area contributed by atoms with Crippen LogP contribution in [-0.4, -0.2) is 49.0 Å². The summed E-state index contributed by atoms with van der Waals surface area (Å²) in [5.41, 5.74) is 5.65. The monoisotopic (exact) mass is 532 g/mol. The highest BCUT2D eigenvalue weighted by Crippen LogP contribution is 2.28. The maximum atomic E-state index is 15.1. The second-order valence-electron chi connectivity index (χ2n) is 10.8. The molecule has 3 aromatic rings. The highest BCUT2D eigenvalue weighted by molar-refractivity contribution is 6.00. The van der Waals surface area contributed by atoms with Crippen LogP contribution in [0.4, 0.5) is 4.39 Å². The summed E-state index contributed by atoms with van der Waals surface area (Å²) < 4.78 is 25.8. The number of hydrogen-bond donors (Lipinski definition) is 1. The first-order chi connectivity index (χ1) is 18.7. The van der Waals surface area contributed by atoms with E-state index in [0.717, 1.165) is 47.5 Å². The summed E-state index contributed by atoms with van der Waals surface area (Å²) in [4.78, 5) is 26.5. The number of aromatic nitrogens is 2. The van der Waals surface area contributed by atoms with Crippen LogP contribution in [0.2, 0.25) is 0 Å². The van der Waals surface area contributed by atoms with Gasteiger partial charge < -0.3 is 14.8 Å². The Balaban J connectivity index is 1.48. The molecule has 0 saturated heterocycles. The number of amides is 1. The number of methoxy groups -OCH3 is 2. The number of nitrogens with one attached hydrogen (secondary N) is 1. The van der Waals surface area contributed by atoms with E-state index in [1.165, 1.54) is 6.07 Å². The lowest BCUT2D eigenvalue weighted by atomic mass is 9.88. The second kappa shape index (κ2) is 12.5. The van der Waals surface area contributed by atoms with E-state index >= 15 is 4.39 Å². The summed E-state index contributed by atoms with van der Waals surface area (Å²) in [6.07, 6.45) is 6.92. The van der Waals surface area contributed by atoms with Crippen molar-refractivity contribution >= 4 is 22.7 Å². The van der Waals surface area contributed by atoms with Gasteiger partial charge in [0.05, 0.1) is 36.5 Å². The van der Waals surface area contributed by atoms with Crippen molar-refractivity contribution in [3.8, 4) is 17.0 Å². The van der Waals surface area contributed by atoms with Gasteiger partial charge in [-0.05, 0) is 48.6 Å². The first-order valence-electron chi connectivity index (χ1n) is 13.3. The summed E-state index contributed by atoms with van der Waals surface area (Å²) in [5.74, 6) is 0.0785. The number of aryl methyl sites for hydroxylation is 1. The quantitative estimate of drug-likeness (QED) is 0.331. The molecular weight excluding hydrogens is 495 g/mol. The third-order valence-corrected chi connectivity index (χ3v) is 6.73. The van der Waals surface area contributed by atoms with E-state index in [0.29, 0.717) is 41.9 Å². The standard InChI is InChI=1S/C31H37FN4O3/c1-31(2,3)29-17-23(11-12-33-29)35-30(37)16-20-9-10-21(14-24(20)32)27-19-34-25-18-28(39-5)22(15-26(25)36-27)8-6-7-13-38-4/h9-10,14-15,17-19H,6-8,11-13,16H2,1-5H3,(H,35,37). The molecule has 0 spiro atoms. The number of fused-ring (bicyclic) bond motifs is 1. The van der Waals surface area contributed by atoms with Crippen LogP contribution in [0.5, 0.6) is 5.75 Å². The van der Waals surface area contributed by atoms with Crippen molar-refractivity contribution in [3.05, 3.63) is 65.2 Å². The Hall–Kier alpha value is -3.65. The van der Waals surface area contributed by atoms with E-state index in [4.69, 9.17) is 14.5 Å². The minimum absolute atomic E-state index is 0.0545. The average Bonchev–Trinajstić information content (AvgIpc) is 2.91. The minimum Gasteiger partial charge on any atom is -0.496 e. The molecule has 1 amide bonds. The maximum absolute atomic E-state index is 15.1. The Morgan fingerprint density at radius 1 is 1.08 bits per heavy atom. The van der Waals surface area contributed by atoms with E-state index in [9.17, 15) is 4.79 Å². The molecule has 0 radical (unpaired) electrons. The number of allylic oxidation sites excluding steroid dienone is 1. The summed E-state index contributed by atoms with van der Waals surface area (Å²) >= 11 is 0. The van der Waals surface area contributed by atoms with Crippen molar-refractivity contribution in [1.29, 1.82) is 0 Å². The molecule has 0 unspecified atom stereocenters. The smallest absolute Gasteiger partial charge is 0.228 e. The molecule has 0 saturated carbocycles. The molecule has 2 aromatic carbocycles. The lowest BCUT2D eigenvalue weighted by Gasteiger charge is -2.23. The van der Waals surface area contributed by atoms with Crippen LogP contribution in [0, 0.1) is 11.2 Å². The number of hydrogen-bond acceptors (Lipinski definition) is 6. The SMILES string of the molecule is COCCCCc1cc2nc(-c3ccc(CC(=O)NC4=CC(C(C)(C)C)=NCC4)c(F)c3)cnc2cc1OC. The number of carbonyl (C=O) groups excluding carboxylic acids is 1. The molecule has 0 aliphatic carbocycles. The van der Waals surface area contributed by atoms with Crippen molar-refractivity contribution in [3.63, 3.8) is 0 Å². The highest BCUT2D eigenvalue weighted by atomic mass is 19.1. The van der Waals surface area contributed by atoms with Gasteiger partial charge in [-0.25, -0.2) is 9.37 Å². The molecular formula is C31H37FN4O3. The number of ether oxygens (including phenoxy) is 2. The topological polar surface area (TPSA) is 85.7 Å². The van der Waals surface area contributed by atoms with Crippen LogP contribution in [0.15, 0.2) is 53.3 Å². The van der Waals surface area contributed by atoms with Crippen LogP contribution in [0.3, 0.4) is 0 Å². The number of benzene rings is 2. The zero-order valence-corrected chi connectivity index (χ0v) is 23.4. The van der Waals surface area contributed by atoms with Gasteiger partial charge in [0, 0.05) is 55.1 Å². The van der Waals surface area contributed by atoms with Crippen LogP contribution in [0.1, 0.15) is 51.2 Å². The zero-order valence-electron chi connectivity index (χ0n) is 23.4. The Bertz CT molecular complexity index is 1410. The molecule has 0 fully saturated rings. The number of unbranched alkanes of at least 4 members (excludes halogenated alkanes) is 1. The molecule has 2 heterocycles. The van der Waals surface area contributed by atoms with Crippen molar-refractivity contribution in [2.75, 3.05) is 27.4 Å². The molecule has 0 bridgehead atoms. The van der Waals surface area contributed by atoms with Gasteiger partial charge in [-0.3, -0.25) is 14.8 Å². The molecule has 1 aromatic heterocycles. The fourth-order valence-electron chi connectivity index (χ4n) is 4.55. The summed E-state index contributed by atoms with van der Waals surface area (Å²) in [7, 11) is 3.35. The van der Waals surface area contributed by atoms with Crippen molar-refractivity contribution in [2.24, 2.45) is 10.4 Å². The summed E-state index contributed by atoms with van der Waals surface area (Å²) in [6.45, 7) is 7.61.